The van der Waals surface area contributed by atoms with Crippen LogP contribution in [-0.2, 0) is 0 Å². The molecule has 0 aliphatic carbocycles. The van der Waals surface area contributed by atoms with E-state index in [1.54, 1.807) is 12.3 Å². The maximum absolute atomic E-state index is 11.9. The molecule has 0 radical (unpaired) electrons. The smallest absolute Gasteiger partial charge is 0.407 e. The summed E-state index contributed by atoms with van der Waals surface area (Å²) in [6, 6.07) is 1.15. The minimum atomic E-state index is -0.969. The third-order valence-corrected chi connectivity index (χ3v) is 3.30. The molecule has 9 nitrogen and oxygen atoms in total. The van der Waals surface area contributed by atoms with Gasteiger partial charge in [0, 0.05) is 25.3 Å². The number of anilines is 1. The van der Waals surface area contributed by atoms with Crippen LogP contribution in [0.5, 0.6) is 0 Å². The number of nitrogens with one attached hydrogen (secondary N) is 3. The van der Waals surface area contributed by atoms with Crippen LogP contribution >= 0.6 is 0 Å². The average molecular weight is 290 g/mol. The maximum atomic E-state index is 11.9. The van der Waals surface area contributed by atoms with E-state index in [4.69, 9.17) is 5.11 Å². The summed E-state index contributed by atoms with van der Waals surface area (Å²) >= 11 is 0. The van der Waals surface area contributed by atoms with Crippen molar-refractivity contribution < 1.29 is 14.7 Å². The number of fused-ring (bicyclic) bond motifs is 1. The van der Waals surface area contributed by atoms with Crippen LogP contribution in [0, 0.1) is 0 Å². The number of carbonyl (C=O) groups excluding carboxylic acids is 1. The van der Waals surface area contributed by atoms with E-state index in [1.807, 2.05) is 0 Å². The van der Waals surface area contributed by atoms with E-state index in [-0.39, 0.29) is 6.04 Å². The van der Waals surface area contributed by atoms with Crippen molar-refractivity contribution in [1.29, 1.82) is 0 Å². The number of carbonyl (C=O) groups is 2. The summed E-state index contributed by atoms with van der Waals surface area (Å²) in [5.74, 6) is 0.340. The molecule has 2 aromatic rings. The first kappa shape index (κ1) is 13.2. The first-order valence-corrected chi connectivity index (χ1v) is 6.47. The third kappa shape index (κ3) is 2.86. The SMILES string of the molecule is O=C(Nc1cnc2[nH]ccc2n1)N[C@H]1CCN(C(=O)O)C1. The van der Waals surface area contributed by atoms with E-state index in [1.165, 1.54) is 11.1 Å². The number of carboxylic acid groups (broad SMARTS) is 1. The summed E-state index contributed by atoms with van der Waals surface area (Å²) in [6.45, 7) is 0.723. The Hall–Kier alpha value is -2.84. The number of hydrogen-bond donors (Lipinski definition) is 4. The minimum absolute atomic E-state index is 0.190. The van der Waals surface area contributed by atoms with Gasteiger partial charge in [-0.1, -0.05) is 0 Å². The average Bonchev–Trinajstić information content (AvgIpc) is 3.06. The standard InChI is InChI=1S/C12H14N6O3/c19-11(15-7-2-4-18(6-7)12(20)21)17-9-5-14-10-8(16-9)1-3-13-10/h1,3,5,7H,2,4,6H2,(H,13,14)(H,20,21)(H2,15,16,17,19)/t7-/m0/s1. The predicted molar refractivity (Wildman–Crippen MR) is 74.0 cm³/mol. The molecule has 1 fully saturated rings. The molecule has 0 saturated carbocycles. The monoisotopic (exact) mass is 290 g/mol. The van der Waals surface area contributed by atoms with Gasteiger partial charge in [0.25, 0.3) is 0 Å². The Balaban J connectivity index is 1.58. The summed E-state index contributed by atoms with van der Waals surface area (Å²) in [7, 11) is 0. The molecule has 1 aliphatic heterocycles. The molecule has 1 aliphatic rings. The number of amides is 3. The van der Waals surface area contributed by atoms with Crippen molar-refractivity contribution in [3.63, 3.8) is 0 Å². The van der Waals surface area contributed by atoms with Crippen LogP contribution in [0.25, 0.3) is 11.2 Å². The third-order valence-electron chi connectivity index (χ3n) is 3.30. The van der Waals surface area contributed by atoms with E-state index >= 15 is 0 Å². The highest BCUT2D eigenvalue weighted by Gasteiger charge is 2.26. The minimum Gasteiger partial charge on any atom is -0.465 e. The van der Waals surface area contributed by atoms with Gasteiger partial charge in [-0.3, -0.25) is 5.32 Å². The molecule has 9 heteroatoms. The fourth-order valence-corrected chi connectivity index (χ4v) is 2.28. The summed E-state index contributed by atoms with van der Waals surface area (Å²) in [5.41, 5.74) is 1.31. The van der Waals surface area contributed by atoms with Crippen LogP contribution in [-0.4, -0.2) is 56.2 Å². The number of likely N-dealkylation sites (tertiary alicyclic amines) is 1. The van der Waals surface area contributed by atoms with E-state index < -0.39 is 12.1 Å². The first-order valence-electron chi connectivity index (χ1n) is 6.47. The van der Waals surface area contributed by atoms with Gasteiger partial charge < -0.3 is 20.3 Å². The molecule has 1 atom stereocenters. The highest BCUT2D eigenvalue weighted by atomic mass is 16.4. The number of aromatic amines is 1. The van der Waals surface area contributed by atoms with Gasteiger partial charge >= 0.3 is 12.1 Å². The fourth-order valence-electron chi connectivity index (χ4n) is 2.28. The Morgan fingerprint density at radius 1 is 1.48 bits per heavy atom. The van der Waals surface area contributed by atoms with Crippen LogP contribution in [0.4, 0.5) is 15.4 Å². The van der Waals surface area contributed by atoms with E-state index in [0.29, 0.717) is 36.5 Å². The first-order chi connectivity index (χ1) is 10.1. The molecule has 3 amide bonds. The van der Waals surface area contributed by atoms with Gasteiger partial charge in [-0.15, -0.1) is 0 Å². The second-order valence-electron chi connectivity index (χ2n) is 4.78. The van der Waals surface area contributed by atoms with Crippen molar-refractivity contribution in [3.05, 3.63) is 18.5 Å². The van der Waals surface area contributed by atoms with Gasteiger partial charge in [0.1, 0.15) is 5.52 Å². The van der Waals surface area contributed by atoms with Gasteiger partial charge in [0.2, 0.25) is 0 Å². The predicted octanol–water partition coefficient (Wildman–Crippen LogP) is 0.832. The number of hydrogen-bond acceptors (Lipinski definition) is 4. The van der Waals surface area contributed by atoms with Crippen LogP contribution < -0.4 is 10.6 Å². The Morgan fingerprint density at radius 3 is 3.10 bits per heavy atom. The molecule has 0 unspecified atom stereocenters. The van der Waals surface area contributed by atoms with Crippen LogP contribution in [0.3, 0.4) is 0 Å². The normalized spacial score (nSPS) is 17.9. The quantitative estimate of drug-likeness (QED) is 0.652. The highest BCUT2D eigenvalue weighted by molar-refractivity contribution is 5.89. The largest absolute Gasteiger partial charge is 0.465 e. The van der Waals surface area contributed by atoms with Gasteiger partial charge in [0.05, 0.1) is 6.20 Å². The molecule has 3 heterocycles. The summed E-state index contributed by atoms with van der Waals surface area (Å²) in [4.78, 5) is 35.2. The van der Waals surface area contributed by atoms with E-state index in [2.05, 4.69) is 25.6 Å². The second-order valence-corrected chi connectivity index (χ2v) is 4.78. The van der Waals surface area contributed by atoms with Crippen LogP contribution in [0.2, 0.25) is 0 Å². The second kappa shape index (κ2) is 5.27. The lowest BCUT2D eigenvalue weighted by molar-refractivity contribution is 0.154. The van der Waals surface area contributed by atoms with Crippen molar-refractivity contribution >= 4 is 29.1 Å². The van der Waals surface area contributed by atoms with Crippen molar-refractivity contribution in [1.82, 2.24) is 25.2 Å². The fraction of sp³-hybridized carbons (Fsp3) is 0.333. The lowest BCUT2D eigenvalue weighted by Crippen LogP contribution is -2.40. The van der Waals surface area contributed by atoms with E-state index in [0.717, 1.165) is 0 Å². The Kier molecular flexibility index (Phi) is 3.30. The summed E-state index contributed by atoms with van der Waals surface area (Å²) in [6.07, 6.45) is 2.80. The molecule has 2 aromatic heterocycles. The zero-order chi connectivity index (χ0) is 14.8. The molecule has 110 valence electrons. The number of H-pyrrole nitrogens is 1. The topological polar surface area (TPSA) is 123 Å². The van der Waals surface area contributed by atoms with Gasteiger partial charge in [-0.05, 0) is 12.5 Å². The van der Waals surface area contributed by atoms with E-state index in [9.17, 15) is 9.59 Å². The molecular formula is C12H14N6O3. The van der Waals surface area contributed by atoms with Crippen LogP contribution in [0.15, 0.2) is 18.5 Å². The number of aromatic nitrogens is 3. The number of nitrogens with zero attached hydrogens (tertiary/aromatic N) is 3. The summed E-state index contributed by atoms with van der Waals surface area (Å²) < 4.78 is 0. The van der Waals surface area contributed by atoms with Gasteiger partial charge in [0.15, 0.2) is 11.5 Å². The Bertz CT molecular complexity index is 684. The van der Waals surface area contributed by atoms with Crippen molar-refractivity contribution in [3.8, 4) is 0 Å². The highest BCUT2D eigenvalue weighted by Crippen LogP contribution is 2.11. The molecular weight excluding hydrogens is 276 g/mol. The van der Waals surface area contributed by atoms with Crippen molar-refractivity contribution in [2.24, 2.45) is 0 Å². The summed E-state index contributed by atoms with van der Waals surface area (Å²) in [5, 5.41) is 14.2. The van der Waals surface area contributed by atoms with Crippen molar-refractivity contribution in [2.45, 2.75) is 12.5 Å². The lowest BCUT2D eigenvalue weighted by Gasteiger charge is -2.14. The molecule has 3 rings (SSSR count). The molecule has 0 aromatic carbocycles. The zero-order valence-corrected chi connectivity index (χ0v) is 11.0. The molecule has 4 N–H and O–H groups in total. The molecule has 21 heavy (non-hydrogen) atoms. The molecule has 0 spiro atoms. The zero-order valence-electron chi connectivity index (χ0n) is 11.0. The van der Waals surface area contributed by atoms with Gasteiger partial charge in [-0.2, -0.15) is 0 Å². The maximum Gasteiger partial charge on any atom is 0.407 e. The lowest BCUT2D eigenvalue weighted by atomic mass is 10.3. The number of urea groups is 1. The molecule has 1 saturated heterocycles. The van der Waals surface area contributed by atoms with Crippen molar-refractivity contribution in [2.75, 3.05) is 18.4 Å². The van der Waals surface area contributed by atoms with Crippen LogP contribution in [0.1, 0.15) is 6.42 Å². The molecule has 0 bridgehead atoms. The Labute approximate surface area is 119 Å². The Morgan fingerprint density at radius 2 is 2.33 bits per heavy atom. The van der Waals surface area contributed by atoms with Gasteiger partial charge in [-0.25, -0.2) is 19.6 Å². The number of rotatable bonds is 2.